The van der Waals surface area contributed by atoms with Crippen LogP contribution in [0, 0.1) is 5.92 Å². The molecule has 0 unspecified atom stereocenters. The second-order valence-corrected chi connectivity index (χ2v) is 5.56. The number of carbonyl (C=O) groups excluding carboxylic acids is 2. The molecule has 0 aromatic rings. The summed E-state index contributed by atoms with van der Waals surface area (Å²) in [5.74, 6) is 0.0577. The fourth-order valence-corrected chi connectivity index (χ4v) is 2.88. The highest BCUT2D eigenvalue weighted by Gasteiger charge is 2.27. The maximum absolute atomic E-state index is 12.1. The molecule has 0 aliphatic carbocycles. The van der Waals surface area contributed by atoms with Gasteiger partial charge in [0.1, 0.15) is 0 Å². The van der Waals surface area contributed by atoms with E-state index >= 15 is 0 Å². The molecular formula is C14H25N3O3. The third-order valence-electron chi connectivity index (χ3n) is 4.06. The van der Waals surface area contributed by atoms with Crippen LogP contribution in [0.15, 0.2) is 0 Å². The van der Waals surface area contributed by atoms with E-state index in [1.807, 2.05) is 0 Å². The van der Waals surface area contributed by atoms with E-state index < -0.39 is 0 Å². The fourth-order valence-electron chi connectivity index (χ4n) is 2.88. The quantitative estimate of drug-likeness (QED) is 0.729. The van der Waals surface area contributed by atoms with Gasteiger partial charge in [-0.3, -0.25) is 9.59 Å². The highest BCUT2D eigenvalue weighted by atomic mass is 16.5. The first kappa shape index (κ1) is 15.3. The number of amides is 2. The van der Waals surface area contributed by atoms with Crippen molar-refractivity contribution in [3.8, 4) is 0 Å². The molecule has 2 amide bonds. The van der Waals surface area contributed by atoms with Crippen LogP contribution in [0.1, 0.15) is 25.7 Å². The zero-order valence-corrected chi connectivity index (χ0v) is 12.2. The van der Waals surface area contributed by atoms with Crippen LogP contribution >= 0.6 is 0 Å². The standard InChI is InChI=1S/C14H25N3O3/c1-15-14(19)11-4-2-6-17(10-11)13(18)9-16-8-12-5-3-7-20-12/h11-12,16H,2-10H2,1H3,(H,15,19)/t11-,12-/m1/s1. The molecule has 2 aliphatic rings. The number of nitrogens with one attached hydrogen (secondary N) is 2. The Morgan fingerprint density at radius 2 is 2.15 bits per heavy atom. The second kappa shape index (κ2) is 7.59. The van der Waals surface area contributed by atoms with Gasteiger partial charge in [0.2, 0.25) is 11.8 Å². The number of nitrogens with zero attached hydrogens (tertiary/aromatic N) is 1. The molecule has 0 aromatic carbocycles. The van der Waals surface area contributed by atoms with E-state index in [1.54, 1.807) is 11.9 Å². The molecular weight excluding hydrogens is 258 g/mol. The molecule has 2 rings (SSSR count). The SMILES string of the molecule is CNC(=O)[C@@H]1CCCN(C(=O)CNC[C@H]2CCCO2)C1. The largest absolute Gasteiger partial charge is 0.377 e. The van der Waals surface area contributed by atoms with Crippen molar-refractivity contribution in [2.45, 2.75) is 31.8 Å². The Kier molecular flexibility index (Phi) is 5.79. The van der Waals surface area contributed by atoms with Crippen LogP contribution in [0.5, 0.6) is 0 Å². The van der Waals surface area contributed by atoms with Crippen LogP contribution in [0.4, 0.5) is 0 Å². The van der Waals surface area contributed by atoms with Crippen molar-refractivity contribution in [2.75, 3.05) is 39.8 Å². The first-order valence-electron chi connectivity index (χ1n) is 7.52. The van der Waals surface area contributed by atoms with Gasteiger partial charge in [0.15, 0.2) is 0 Å². The van der Waals surface area contributed by atoms with E-state index in [9.17, 15) is 9.59 Å². The lowest BCUT2D eigenvalue weighted by Gasteiger charge is -2.32. The topological polar surface area (TPSA) is 70.7 Å². The molecule has 0 spiro atoms. The lowest BCUT2D eigenvalue weighted by molar-refractivity contribution is -0.134. The van der Waals surface area contributed by atoms with E-state index in [4.69, 9.17) is 4.74 Å². The molecule has 2 fully saturated rings. The summed E-state index contributed by atoms with van der Waals surface area (Å²) in [7, 11) is 1.65. The minimum absolute atomic E-state index is 0.0369. The first-order valence-corrected chi connectivity index (χ1v) is 7.52. The molecule has 2 aliphatic heterocycles. The van der Waals surface area contributed by atoms with Gasteiger partial charge >= 0.3 is 0 Å². The Bertz CT molecular complexity index is 343. The third kappa shape index (κ3) is 4.18. The average Bonchev–Trinajstić information content (AvgIpc) is 2.99. The highest BCUT2D eigenvalue weighted by molar-refractivity contribution is 5.81. The number of piperidine rings is 1. The molecule has 2 heterocycles. The minimum Gasteiger partial charge on any atom is -0.377 e. The summed E-state index contributed by atoms with van der Waals surface area (Å²) in [4.78, 5) is 25.6. The zero-order chi connectivity index (χ0) is 14.4. The maximum atomic E-state index is 12.1. The van der Waals surface area contributed by atoms with Gasteiger partial charge in [-0.2, -0.15) is 0 Å². The summed E-state index contributed by atoms with van der Waals surface area (Å²) in [5.41, 5.74) is 0. The van der Waals surface area contributed by atoms with Crippen molar-refractivity contribution in [3.63, 3.8) is 0 Å². The van der Waals surface area contributed by atoms with E-state index in [-0.39, 0.29) is 23.8 Å². The number of hydrogen-bond acceptors (Lipinski definition) is 4. The predicted octanol–water partition coefficient (Wildman–Crippen LogP) is -0.260. The van der Waals surface area contributed by atoms with Crippen molar-refractivity contribution >= 4 is 11.8 Å². The van der Waals surface area contributed by atoms with Crippen molar-refractivity contribution in [2.24, 2.45) is 5.92 Å². The molecule has 114 valence electrons. The van der Waals surface area contributed by atoms with Crippen LogP contribution in [0.3, 0.4) is 0 Å². The molecule has 20 heavy (non-hydrogen) atoms. The zero-order valence-electron chi connectivity index (χ0n) is 12.2. The van der Waals surface area contributed by atoms with Crippen molar-refractivity contribution in [1.29, 1.82) is 0 Å². The summed E-state index contributed by atoms with van der Waals surface area (Å²) >= 11 is 0. The molecule has 6 heteroatoms. The van der Waals surface area contributed by atoms with Gasteiger partial charge in [0.05, 0.1) is 18.6 Å². The van der Waals surface area contributed by atoms with Crippen LogP contribution in [-0.4, -0.2) is 62.7 Å². The molecule has 6 nitrogen and oxygen atoms in total. The minimum atomic E-state index is -0.0594. The van der Waals surface area contributed by atoms with Gasteiger partial charge < -0.3 is 20.3 Å². The molecule has 0 aromatic heterocycles. The molecule has 0 radical (unpaired) electrons. The van der Waals surface area contributed by atoms with E-state index in [1.165, 1.54) is 0 Å². The average molecular weight is 283 g/mol. The molecule has 0 saturated carbocycles. The van der Waals surface area contributed by atoms with E-state index in [0.717, 1.165) is 45.4 Å². The Morgan fingerprint density at radius 3 is 2.85 bits per heavy atom. The fraction of sp³-hybridized carbons (Fsp3) is 0.857. The summed E-state index contributed by atoms with van der Waals surface area (Å²) in [6, 6.07) is 0. The van der Waals surface area contributed by atoms with E-state index in [0.29, 0.717) is 13.1 Å². The highest BCUT2D eigenvalue weighted by Crippen LogP contribution is 2.16. The second-order valence-electron chi connectivity index (χ2n) is 5.56. The first-order chi connectivity index (χ1) is 9.70. The van der Waals surface area contributed by atoms with Crippen LogP contribution in [0.25, 0.3) is 0 Å². The van der Waals surface area contributed by atoms with Crippen LogP contribution < -0.4 is 10.6 Å². The molecule has 0 bridgehead atoms. The lowest BCUT2D eigenvalue weighted by atomic mass is 9.97. The Balaban J connectivity index is 1.69. The van der Waals surface area contributed by atoms with Crippen molar-refractivity contribution in [3.05, 3.63) is 0 Å². The molecule has 2 atom stereocenters. The van der Waals surface area contributed by atoms with Crippen LogP contribution in [0.2, 0.25) is 0 Å². The van der Waals surface area contributed by atoms with Gasteiger partial charge in [-0.1, -0.05) is 0 Å². The number of ether oxygens (including phenoxy) is 1. The molecule has 2 saturated heterocycles. The van der Waals surface area contributed by atoms with Gasteiger partial charge in [0, 0.05) is 33.3 Å². The molecule has 2 N–H and O–H groups in total. The van der Waals surface area contributed by atoms with Gasteiger partial charge in [-0.05, 0) is 25.7 Å². The van der Waals surface area contributed by atoms with E-state index in [2.05, 4.69) is 10.6 Å². The predicted molar refractivity (Wildman–Crippen MR) is 75.2 cm³/mol. The summed E-state index contributed by atoms with van der Waals surface area (Å²) in [5, 5.41) is 5.83. The smallest absolute Gasteiger partial charge is 0.236 e. The summed E-state index contributed by atoms with van der Waals surface area (Å²) in [6.45, 7) is 3.20. The van der Waals surface area contributed by atoms with Gasteiger partial charge in [-0.15, -0.1) is 0 Å². The maximum Gasteiger partial charge on any atom is 0.236 e. The summed E-state index contributed by atoms with van der Waals surface area (Å²) in [6.07, 6.45) is 4.20. The Hall–Kier alpha value is -1.14. The number of carbonyl (C=O) groups is 2. The Morgan fingerprint density at radius 1 is 1.30 bits per heavy atom. The van der Waals surface area contributed by atoms with Gasteiger partial charge in [0.25, 0.3) is 0 Å². The normalized spacial score (nSPS) is 26.6. The number of likely N-dealkylation sites (tertiary alicyclic amines) is 1. The van der Waals surface area contributed by atoms with Crippen LogP contribution in [-0.2, 0) is 14.3 Å². The van der Waals surface area contributed by atoms with Crippen molar-refractivity contribution < 1.29 is 14.3 Å². The number of rotatable bonds is 5. The van der Waals surface area contributed by atoms with Crippen molar-refractivity contribution in [1.82, 2.24) is 15.5 Å². The van der Waals surface area contributed by atoms with Gasteiger partial charge in [-0.25, -0.2) is 0 Å². The third-order valence-corrected chi connectivity index (χ3v) is 4.06. The Labute approximate surface area is 120 Å². The monoisotopic (exact) mass is 283 g/mol. The number of hydrogen-bond donors (Lipinski definition) is 2. The summed E-state index contributed by atoms with van der Waals surface area (Å²) < 4.78 is 5.50. The lowest BCUT2D eigenvalue weighted by Crippen LogP contribution is -2.47.